The van der Waals surface area contributed by atoms with Crippen molar-refractivity contribution in [1.82, 2.24) is 0 Å². The first-order valence-corrected chi connectivity index (χ1v) is 9.28. The average molecular weight is 364 g/mol. The molecule has 0 aliphatic heterocycles. The molecule has 1 aliphatic carbocycles. The van der Waals surface area contributed by atoms with E-state index in [2.05, 4.69) is 42.7 Å². The van der Waals surface area contributed by atoms with Crippen molar-refractivity contribution in [3.63, 3.8) is 0 Å². The Hall–Kier alpha value is -3.41. The minimum Gasteiger partial charge on any atom is -0.389 e. The van der Waals surface area contributed by atoms with Crippen molar-refractivity contribution >= 4 is 5.78 Å². The number of rotatable bonds is 3. The van der Waals surface area contributed by atoms with Crippen LogP contribution in [0.4, 0.5) is 0 Å². The molecule has 0 radical (unpaired) electrons. The quantitative estimate of drug-likeness (QED) is 0.313. The van der Waals surface area contributed by atoms with E-state index in [4.69, 9.17) is 0 Å². The van der Waals surface area contributed by atoms with Gasteiger partial charge in [-0.3, -0.25) is 4.79 Å². The minimum absolute atomic E-state index is 0.0866. The molecule has 2 heteroatoms. The Balaban J connectivity index is 1.58. The van der Waals surface area contributed by atoms with Crippen molar-refractivity contribution in [3.8, 4) is 23.0 Å². The molecule has 1 N–H and O–H groups in total. The van der Waals surface area contributed by atoms with Gasteiger partial charge >= 0.3 is 0 Å². The van der Waals surface area contributed by atoms with Crippen LogP contribution in [0.2, 0.25) is 0 Å². The van der Waals surface area contributed by atoms with E-state index in [0.717, 1.165) is 23.1 Å². The Kier molecular flexibility index (Phi) is 4.69. The maximum Gasteiger partial charge on any atom is 0.185 e. The van der Waals surface area contributed by atoms with E-state index >= 15 is 0 Å². The maximum absolute atomic E-state index is 11.6. The highest BCUT2D eigenvalue weighted by molar-refractivity contribution is 6.04. The van der Waals surface area contributed by atoms with E-state index in [-0.39, 0.29) is 5.78 Å². The zero-order valence-electron chi connectivity index (χ0n) is 15.7. The average Bonchev–Trinajstić information content (AvgIpc) is 3.08. The van der Waals surface area contributed by atoms with Crippen molar-refractivity contribution in [3.05, 3.63) is 107 Å². The van der Waals surface area contributed by atoms with Crippen LogP contribution in [0, 0.1) is 11.8 Å². The Morgan fingerprint density at radius 2 is 1.57 bits per heavy atom. The monoisotopic (exact) mass is 364 g/mol. The van der Waals surface area contributed by atoms with E-state index in [9.17, 15) is 9.90 Å². The van der Waals surface area contributed by atoms with E-state index < -0.39 is 6.10 Å². The van der Waals surface area contributed by atoms with Gasteiger partial charge in [-0.1, -0.05) is 42.7 Å². The summed E-state index contributed by atoms with van der Waals surface area (Å²) < 4.78 is 0. The Labute approximate surface area is 165 Å². The lowest BCUT2D eigenvalue weighted by atomic mass is 10.0. The SMILES string of the molecule is C=CC(=O)c1ccc(C#Cc2ccc3c(c2)Cc2cc(C(C)O)ccc2-3)cc1. The maximum atomic E-state index is 11.6. The standard InChI is InChI=1S/C26H20O2/c1-3-26(28)20-9-6-18(7-10-20)4-5-19-8-12-24-22(14-19)16-23-15-21(17(2)27)11-13-25(23)24/h3,6-15,17,27H,1,16H2,2H3. The van der Waals surface area contributed by atoms with Gasteiger partial charge in [0.15, 0.2) is 5.78 Å². The highest BCUT2D eigenvalue weighted by atomic mass is 16.3. The van der Waals surface area contributed by atoms with Crippen LogP contribution in [0.5, 0.6) is 0 Å². The molecule has 0 aromatic heterocycles. The van der Waals surface area contributed by atoms with E-state index in [1.165, 1.54) is 28.3 Å². The molecule has 28 heavy (non-hydrogen) atoms. The van der Waals surface area contributed by atoms with Gasteiger partial charge in [0.2, 0.25) is 0 Å². The zero-order valence-corrected chi connectivity index (χ0v) is 15.7. The molecule has 0 amide bonds. The van der Waals surface area contributed by atoms with Gasteiger partial charge in [0, 0.05) is 16.7 Å². The van der Waals surface area contributed by atoms with Crippen molar-refractivity contribution in [2.75, 3.05) is 0 Å². The number of carbonyl (C=O) groups excluding carboxylic acids is 1. The van der Waals surface area contributed by atoms with Gasteiger partial charge in [0.25, 0.3) is 0 Å². The molecule has 1 unspecified atom stereocenters. The van der Waals surface area contributed by atoms with Crippen LogP contribution in [-0.4, -0.2) is 10.9 Å². The number of benzene rings is 3. The van der Waals surface area contributed by atoms with Gasteiger partial charge in [-0.2, -0.15) is 0 Å². The molecule has 0 saturated carbocycles. The number of fused-ring (bicyclic) bond motifs is 3. The fourth-order valence-corrected chi connectivity index (χ4v) is 3.55. The first-order valence-electron chi connectivity index (χ1n) is 9.28. The lowest BCUT2D eigenvalue weighted by molar-refractivity contribution is 0.104. The summed E-state index contributed by atoms with van der Waals surface area (Å²) in [5.41, 5.74) is 8.39. The van der Waals surface area contributed by atoms with E-state index in [1.54, 1.807) is 19.1 Å². The number of aliphatic hydroxyl groups excluding tert-OH is 1. The summed E-state index contributed by atoms with van der Waals surface area (Å²) in [5.74, 6) is 6.29. The highest BCUT2D eigenvalue weighted by Gasteiger charge is 2.19. The Bertz CT molecular complexity index is 1140. The molecule has 0 saturated heterocycles. The molecule has 2 nitrogen and oxygen atoms in total. The number of hydrogen-bond acceptors (Lipinski definition) is 2. The van der Waals surface area contributed by atoms with Crippen molar-refractivity contribution in [1.29, 1.82) is 0 Å². The summed E-state index contributed by atoms with van der Waals surface area (Å²) in [7, 11) is 0. The van der Waals surface area contributed by atoms with Crippen LogP contribution in [0.3, 0.4) is 0 Å². The molecule has 1 aliphatic rings. The predicted octanol–water partition coefficient (Wildman–Crippen LogP) is 5.08. The second-order valence-corrected chi connectivity index (χ2v) is 7.04. The molecule has 4 rings (SSSR count). The number of hydrogen-bond donors (Lipinski definition) is 1. The Morgan fingerprint density at radius 1 is 0.964 bits per heavy atom. The summed E-state index contributed by atoms with van der Waals surface area (Å²) in [6.45, 7) is 5.29. The summed E-state index contributed by atoms with van der Waals surface area (Å²) in [5, 5.41) is 9.81. The second kappa shape index (κ2) is 7.31. The van der Waals surface area contributed by atoms with Crippen molar-refractivity contribution in [2.45, 2.75) is 19.4 Å². The molecule has 3 aromatic rings. The molecule has 1 atom stereocenters. The molecule has 0 fully saturated rings. The van der Waals surface area contributed by atoms with Crippen molar-refractivity contribution in [2.24, 2.45) is 0 Å². The zero-order chi connectivity index (χ0) is 19.7. The molecular weight excluding hydrogens is 344 g/mol. The van der Waals surface area contributed by atoms with Crippen LogP contribution >= 0.6 is 0 Å². The van der Waals surface area contributed by atoms with Crippen LogP contribution in [-0.2, 0) is 6.42 Å². The summed E-state index contributed by atoms with van der Waals surface area (Å²) in [4.78, 5) is 11.6. The van der Waals surface area contributed by atoms with Gasteiger partial charge in [-0.05, 0) is 83.6 Å². The van der Waals surface area contributed by atoms with Crippen LogP contribution in [0.1, 0.15) is 51.2 Å². The number of allylic oxidation sites excluding steroid dienone is 1. The lowest BCUT2D eigenvalue weighted by Gasteiger charge is -2.07. The van der Waals surface area contributed by atoms with Crippen LogP contribution in [0.25, 0.3) is 11.1 Å². The summed E-state index contributed by atoms with van der Waals surface area (Å²) in [6, 6.07) is 19.7. The van der Waals surface area contributed by atoms with Crippen LogP contribution < -0.4 is 0 Å². The predicted molar refractivity (Wildman–Crippen MR) is 112 cm³/mol. The molecule has 0 spiro atoms. The van der Waals surface area contributed by atoms with Gasteiger partial charge in [-0.25, -0.2) is 0 Å². The molecule has 0 heterocycles. The smallest absolute Gasteiger partial charge is 0.185 e. The second-order valence-electron chi connectivity index (χ2n) is 7.04. The highest BCUT2D eigenvalue weighted by Crippen LogP contribution is 2.38. The van der Waals surface area contributed by atoms with Crippen molar-refractivity contribution < 1.29 is 9.90 Å². The third-order valence-electron chi connectivity index (χ3n) is 5.09. The van der Waals surface area contributed by atoms with Crippen LogP contribution in [0.15, 0.2) is 73.3 Å². The molecule has 3 aromatic carbocycles. The number of ketones is 1. The largest absolute Gasteiger partial charge is 0.389 e. The normalized spacial score (nSPS) is 12.4. The van der Waals surface area contributed by atoms with E-state index in [1.807, 2.05) is 24.3 Å². The first kappa shape index (κ1) is 18.0. The number of carbonyl (C=O) groups is 1. The fourth-order valence-electron chi connectivity index (χ4n) is 3.55. The van der Waals surface area contributed by atoms with E-state index in [0.29, 0.717) is 5.56 Å². The minimum atomic E-state index is -0.455. The number of aliphatic hydroxyl groups is 1. The van der Waals surface area contributed by atoms with Gasteiger partial charge < -0.3 is 5.11 Å². The molecule has 0 bridgehead atoms. The third-order valence-corrected chi connectivity index (χ3v) is 5.09. The molecule has 136 valence electrons. The van der Waals surface area contributed by atoms with Gasteiger partial charge in [-0.15, -0.1) is 0 Å². The van der Waals surface area contributed by atoms with Gasteiger partial charge in [0.1, 0.15) is 0 Å². The third kappa shape index (κ3) is 3.41. The fraction of sp³-hybridized carbons (Fsp3) is 0.115. The van der Waals surface area contributed by atoms with Gasteiger partial charge in [0.05, 0.1) is 6.10 Å². The topological polar surface area (TPSA) is 37.3 Å². The Morgan fingerprint density at radius 3 is 2.25 bits per heavy atom. The summed E-state index contributed by atoms with van der Waals surface area (Å²) >= 11 is 0. The lowest BCUT2D eigenvalue weighted by Crippen LogP contribution is -1.92. The summed E-state index contributed by atoms with van der Waals surface area (Å²) in [6.07, 6.45) is 1.72. The molecular formula is C26H20O2. The first-order chi connectivity index (χ1) is 13.5.